The van der Waals surface area contributed by atoms with Crippen LogP contribution in [0.4, 0.5) is 16.2 Å². The quantitative estimate of drug-likeness (QED) is 0.823. The van der Waals surface area contributed by atoms with Gasteiger partial charge in [0.2, 0.25) is 12.7 Å². The summed E-state index contributed by atoms with van der Waals surface area (Å²) in [6.07, 6.45) is 0. The number of hydrogen-bond acceptors (Lipinski definition) is 5. The highest BCUT2D eigenvalue weighted by Crippen LogP contribution is 2.34. The molecule has 1 fully saturated rings. The van der Waals surface area contributed by atoms with Gasteiger partial charge >= 0.3 is 6.03 Å². The highest BCUT2D eigenvalue weighted by molar-refractivity contribution is 6.16. The first kappa shape index (κ1) is 17.8. The smallest absolute Gasteiger partial charge is 0.332 e. The molecule has 2 aromatic carbocycles. The van der Waals surface area contributed by atoms with Crippen molar-refractivity contribution in [2.75, 3.05) is 23.6 Å². The van der Waals surface area contributed by atoms with Crippen LogP contribution in [0.5, 0.6) is 11.5 Å². The summed E-state index contributed by atoms with van der Waals surface area (Å²) in [6.45, 7) is 3.36. The van der Waals surface area contributed by atoms with Crippen LogP contribution < -0.4 is 19.7 Å². The number of carbonyl (C=O) groups excluding carboxylic acids is 3. The number of ether oxygens (including phenoxy) is 2. The Morgan fingerprint density at radius 2 is 1.82 bits per heavy atom. The lowest BCUT2D eigenvalue weighted by molar-refractivity contribution is -0.130. The summed E-state index contributed by atoms with van der Waals surface area (Å²) >= 11 is 0. The number of nitrogens with zero attached hydrogens (tertiary/aromatic N) is 2. The summed E-state index contributed by atoms with van der Waals surface area (Å²) in [4.78, 5) is 40.1. The maximum atomic E-state index is 12.8. The zero-order chi connectivity index (χ0) is 19.8. The van der Waals surface area contributed by atoms with E-state index in [1.165, 1.54) is 4.90 Å². The van der Waals surface area contributed by atoms with Gasteiger partial charge in [0.1, 0.15) is 12.6 Å². The molecule has 0 aliphatic carbocycles. The first-order chi connectivity index (χ1) is 13.4. The van der Waals surface area contributed by atoms with Crippen LogP contribution in [0.25, 0.3) is 0 Å². The second-order valence-corrected chi connectivity index (χ2v) is 6.70. The van der Waals surface area contributed by atoms with E-state index in [0.717, 1.165) is 10.5 Å². The molecule has 2 aliphatic rings. The third kappa shape index (κ3) is 3.13. The van der Waals surface area contributed by atoms with E-state index >= 15 is 0 Å². The zero-order valence-electron chi connectivity index (χ0n) is 15.5. The fraction of sp³-hybridized carbons (Fsp3) is 0.250. The predicted octanol–water partition coefficient (Wildman–Crippen LogP) is 2.52. The molecule has 4 amide bonds. The minimum atomic E-state index is -0.673. The van der Waals surface area contributed by atoms with Crippen LogP contribution in [-0.2, 0) is 9.59 Å². The van der Waals surface area contributed by atoms with E-state index in [2.05, 4.69) is 5.32 Å². The molecule has 1 N–H and O–H groups in total. The van der Waals surface area contributed by atoms with Gasteiger partial charge in [-0.2, -0.15) is 0 Å². The average Bonchev–Trinajstić information content (AvgIpc) is 3.21. The van der Waals surface area contributed by atoms with Crippen LogP contribution >= 0.6 is 0 Å². The Kier molecular flexibility index (Phi) is 4.38. The molecule has 8 nitrogen and oxygen atoms in total. The van der Waals surface area contributed by atoms with E-state index in [-0.39, 0.29) is 13.3 Å². The predicted molar refractivity (Wildman–Crippen MR) is 101 cm³/mol. The number of hydrogen-bond donors (Lipinski definition) is 1. The van der Waals surface area contributed by atoms with E-state index in [1.807, 2.05) is 19.1 Å². The standard InChI is InChI=1S/C20H19N3O5/c1-12-3-6-15(7-4-12)23-13(2)19(25)22(20(23)26)10-18(24)21-14-5-8-16-17(9-14)28-11-27-16/h3-9,13H,10-11H2,1-2H3,(H,21,24)/t13-/m0/s1. The van der Waals surface area contributed by atoms with Gasteiger partial charge in [0, 0.05) is 17.4 Å². The van der Waals surface area contributed by atoms with Gasteiger partial charge in [0.05, 0.1) is 0 Å². The van der Waals surface area contributed by atoms with Crippen molar-refractivity contribution in [1.82, 2.24) is 4.90 Å². The van der Waals surface area contributed by atoms with Gasteiger partial charge in [-0.3, -0.25) is 19.4 Å². The van der Waals surface area contributed by atoms with Crippen LogP contribution in [-0.4, -0.2) is 42.1 Å². The molecule has 2 aliphatic heterocycles. The van der Waals surface area contributed by atoms with Crippen molar-refractivity contribution in [3.8, 4) is 11.5 Å². The maximum Gasteiger partial charge on any atom is 0.332 e. The number of fused-ring (bicyclic) bond motifs is 1. The van der Waals surface area contributed by atoms with Gasteiger partial charge in [-0.25, -0.2) is 4.79 Å². The Hall–Kier alpha value is -3.55. The van der Waals surface area contributed by atoms with Crippen molar-refractivity contribution in [2.45, 2.75) is 19.9 Å². The van der Waals surface area contributed by atoms with Crippen molar-refractivity contribution >= 4 is 29.2 Å². The van der Waals surface area contributed by atoms with E-state index in [0.29, 0.717) is 22.9 Å². The minimum absolute atomic E-state index is 0.135. The van der Waals surface area contributed by atoms with Crippen molar-refractivity contribution in [2.24, 2.45) is 0 Å². The van der Waals surface area contributed by atoms with Crippen molar-refractivity contribution in [1.29, 1.82) is 0 Å². The zero-order valence-corrected chi connectivity index (χ0v) is 15.5. The van der Waals surface area contributed by atoms with E-state index in [1.54, 1.807) is 37.3 Å². The number of carbonyl (C=O) groups is 3. The highest BCUT2D eigenvalue weighted by atomic mass is 16.7. The molecule has 8 heteroatoms. The molecule has 1 saturated heterocycles. The minimum Gasteiger partial charge on any atom is -0.454 e. The molecule has 2 aromatic rings. The lowest BCUT2D eigenvalue weighted by Crippen LogP contribution is -2.39. The molecular weight excluding hydrogens is 362 g/mol. The fourth-order valence-electron chi connectivity index (χ4n) is 3.23. The average molecular weight is 381 g/mol. The number of amides is 4. The largest absolute Gasteiger partial charge is 0.454 e. The number of rotatable bonds is 4. The number of benzene rings is 2. The number of anilines is 2. The maximum absolute atomic E-state index is 12.8. The first-order valence-corrected chi connectivity index (χ1v) is 8.85. The van der Waals surface area contributed by atoms with E-state index in [4.69, 9.17) is 9.47 Å². The molecule has 28 heavy (non-hydrogen) atoms. The number of aryl methyl sites for hydroxylation is 1. The van der Waals surface area contributed by atoms with Crippen molar-refractivity contribution in [3.63, 3.8) is 0 Å². The summed E-state index contributed by atoms with van der Waals surface area (Å²) in [6, 6.07) is 11.1. The number of urea groups is 1. The van der Waals surface area contributed by atoms with Gasteiger partial charge in [0.15, 0.2) is 11.5 Å². The van der Waals surface area contributed by atoms with Crippen LogP contribution in [0.15, 0.2) is 42.5 Å². The van der Waals surface area contributed by atoms with Crippen LogP contribution in [0.3, 0.4) is 0 Å². The summed E-state index contributed by atoms with van der Waals surface area (Å²) in [5, 5.41) is 2.68. The van der Waals surface area contributed by atoms with Crippen molar-refractivity contribution < 1.29 is 23.9 Å². The summed E-state index contributed by atoms with van der Waals surface area (Å²) in [7, 11) is 0. The molecule has 0 unspecified atom stereocenters. The normalized spacial score (nSPS) is 18.0. The summed E-state index contributed by atoms with van der Waals surface area (Å²) in [5.74, 6) is 0.251. The Balaban J connectivity index is 1.46. The van der Waals surface area contributed by atoms with Gasteiger partial charge in [-0.15, -0.1) is 0 Å². The SMILES string of the molecule is Cc1ccc(N2C(=O)N(CC(=O)Nc3ccc4c(c3)OCO4)C(=O)[C@@H]2C)cc1. The molecular formula is C20H19N3O5. The lowest BCUT2D eigenvalue weighted by Gasteiger charge is -2.19. The molecule has 0 radical (unpaired) electrons. The fourth-order valence-corrected chi connectivity index (χ4v) is 3.23. The molecule has 0 spiro atoms. The van der Waals surface area contributed by atoms with E-state index < -0.39 is 23.9 Å². The second kappa shape index (κ2) is 6.88. The molecule has 2 heterocycles. The molecule has 1 atom stereocenters. The third-order valence-electron chi connectivity index (χ3n) is 4.72. The molecule has 0 saturated carbocycles. The Bertz CT molecular complexity index is 957. The third-order valence-corrected chi connectivity index (χ3v) is 4.72. The summed E-state index contributed by atoms with van der Waals surface area (Å²) < 4.78 is 10.5. The number of nitrogens with one attached hydrogen (secondary N) is 1. The van der Waals surface area contributed by atoms with Gasteiger partial charge in [-0.05, 0) is 38.1 Å². The summed E-state index contributed by atoms with van der Waals surface area (Å²) in [5.41, 5.74) is 2.17. The van der Waals surface area contributed by atoms with E-state index in [9.17, 15) is 14.4 Å². The Morgan fingerprint density at radius 3 is 2.57 bits per heavy atom. The van der Waals surface area contributed by atoms with Crippen LogP contribution in [0.2, 0.25) is 0 Å². The van der Waals surface area contributed by atoms with Crippen molar-refractivity contribution in [3.05, 3.63) is 48.0 Å². The monoisotopic (exact) mass is 381 g/mol. The second-order valence-electron chi connectivity index (χ2n) is 6.70. The Labute approximate surface area is 161 Å². The molecule has 144 valence electrons. The first-order valence-electron chi connectivity index (χ1n) is 8.85. The molecule has 0 aromatic heterocycles. The van der Waals surface area contributed by atoms with Gasteiger partial charge < -0.3 is 14.8 Å². The van der Waals surface area contributed by atoms with Crippen LogP contribution in [0, 0.1) is 6.92 Å². The topological polar surface area (TPSA) is 88.2 Å². The lowest BCUT2D eigenvalue weighted by atomic mass is 10.2. The number of imide groups is 1. The van der Waals surface area contributed by atoms with Crippen LogP contribution in [0.1, 0.15) is 12.5 Å². The van der Waals surface area contributed by atoms with Gasteiger partial charge in [-0.1, -0.05) is 17.7 Å². The molecule has 0 bridgehead atoms. The van der Waals surface area contributed by atoms with Gasteiger partial charge in [0.25, 0.3) is 5.91 Å². The molecule has 4 rings (SSSR count). The highest BCUT2D eigenvalue weighted by Gasteiger charge is 2.44. The Morgan fingerprint density at radius 1 is 1.11 bits per heavy atom.